The molecule has 0 aromatic rings. The average Bonchev–Trinajstić information content (AvgIpc) is 2.14. The van der Waals surface area contributed by atoms with Crippen LogP contribution in [0.25, 0.3) is 0 Å². The van der Waals surface area contributed by atoms with E-state index < -0.39 is 10.0 Å². The van der Waals surface area contributed by atoms with E-state index in [1.165, 1.54) is 7.05 Å². The third-order valence-electron chi connectivity index (χ3n) is 1.76. The quantitative estimate of drug-likeness (QED) is 0.628. The predicted octanol–water partition coefficient (Wildman–Crippen LogP) is -0.158. The molecule has 0 aromatic carbocycles. The van der Waals surface area contributed by atoms with Crippen LogP contribution in [0.3, 0.4) is 0 Å². The van der Waals surface area contributed by atoms with Crippen LogP contribution >= 0.6 is 0 Å². The number of amides is 1. The van der Waals surface area contributed by atoms with Gasteiger partial charge in [-0.1, -0.05) is 13.3 Å². The second-order valence-corrected chi connectivity index (χ2v) is 5.02. The monoisotopic (exact) mass is 222 g/mol. The van der Waals surface area contributed by atoms with Crippen LogP contribution in [0.2, 0.25) is 0 Å². The van der Waals surface area contributed by atoms with Gasteiger partial charge in [-0.05, 0) is 13.5 Å². The van der Waals surface area contributed by atoms with Gasteiger partial charge in [-0.2, -0.15) is 0 Å². The summed E-state index contributed by atoms with van der Waals surface area (Å²) in [6.07, 6.45) is 2.27. The maximum atomic E-state index is 11.0. The van der Waals surface area contributed by atoms with Gasteiger partial charge in [-0.15, -0.1) is 0 Å². The molecule has 0 radical (unpaired) electrons. The van der Waals surface area contributed by atoms with Crippen molar-refractivity contribution in [1.29, 1.82) is 0 Å². The highest BCUT2D eigenvalue weighted by atomic mass is 32.2. The molecule has 1 amide bonds. The molecule has 0 saturated heterocycles. The Morgan fingerprint density at radius 2 is 2.00 bits per heavy atom. The van der Waals surface area contributed by atoms with Crippen molar-refractivity contribution < 1.29 is 13.2 Å². The van der Waals surface area contributed by atoms with Gasteiger partial charge in [-0.3, -0.25) is 4.79 Å². The Kier molecular flexibility index (Phi) is 6.48. The fraction of sp³-hybridized carbons (Fsp3) is 0.875. The van der Waals surface area contributed by atoms with Gasteiger partial charge < -0.3 is 5.32 Å². The minimum Gasteiger partial charge on any atom is -0.355 e. The highest BCUT2D eigenvalue weighted by molar-refractivity contribution is 7.89. The molecule has 14 heavy (non-hydrogen) atoms. The van der Waals surface area contributed by atoms with Gasteiger partial charge >= 0.3 is 0 Å². The zero-order chi connectivity index (χ0) is 11.0. The Morgan fingerprint density at radius 1 is 1.36 bits per heavy atom. The molecule has 0 heterocycles. The lowest BCUT2D eigenvalue weighted by molar-refractivity contribution is -0.121. The number of nitrogens with one attached hydrogen (secondary N) is 2. The summed E-state index contributed by atoms with van der Waals surface area (Å²) in [5.74, 6) is -0.153. The SMILES string of the molecule is CCCCC(=O)NCCS(=O)(=O)NC. The summed E-state index contributed by atoms with van der Waals surface area (Å²) in [6.45, 7) is 2.17. The van der Waals surface area contributed by atoms with Crippen molar-refractivity contribution in [1.82, 2.24) is 10.0 Å². The van der Waals surface area contributed by atoms with Crippen molar-refractivity contribution in [2.24, 2.45) is 0 Å². The van der Waals surface area contributed by atoms with Crippen LogP contribution in [0.1, 0.15) is 26.2 Å². The van der Waals surface area contributed by atoms with Crippen LogP contribution in [-0.2, 0) is 14.8 Å². The Hall–Kier alpha value is -0.620. The van der Waals surface area contributed by atoms with Crippen LogP contribution in [-0.4, -0.2) is 33.7 Å². The molecule has 2 N–H and O–H groups in total. The lowest BCUT2D eigenvalue weighted by Gasteiger charge is -2.04. The number of hydrogen-bond acceptors (Lipinski definition) is 3. The first kappa shape index (κ1) is 13.4. The first-order chi connectivity index (χ1) is 6.52. The van der Waals surface area contributed by atoms with Gasteiger partial charge in [0.2, 0.25) is 15.9 Å². The molecule has 0 aliphatic heterocycles. The minimum absolute atomic E-state index is 0.0681. The molecule has 0 spiro atoms. The fourth-order valence-corrected chi connectivity index (χ4v) is 1.43. The van der Waals surface area contributed by atoms with Crippen molar-refractivity contribution in [3.05, 3.63) is 0 Å². The number of sulfonamides is 1. The number of rotatable bonds is 7. The lowest BCUT2D eigenvalue weighted by Crippen LogP contribution is -2.32. The summed E-state index contributed by atoms with van der Waals surface area (Å²) in [4.78, 5) is 11.0. The van der Waals surface area contributed by atoms with Gasteiger partial charge in [-0.25, -0.2) is 13.1 Å². The molecule has 0 aromatic heterocycles. The van der Waals surface area contributed by atoms with Crippen LogP contribution in [0.15, 0.2) is 0 Å². The van der Waals surface area contributed by atoms with E-state index in [-0.39, 0.29) is 18.2 Å². The molecule has 0 unspecified atom stereocenters. The predicted molar refractivity (Wildman–Crippen MR) is 55.4 cm³/mol. The van der Waals surface area contributed by atoms with Crippen LogP contribution < -0.4 is 10.0 Å². The molecule has 0 aliphatic rings. The normalized spacial score (nSPS) is 11.3. The van der Waals surface area contributed by atoms with E-state index in [2.05, 4.69) is 10.0 Å². The smallest absolute Gasteiger partial charge is 0.220 e. The summed E-state index contributed by atoms with van der Waals surface area (Å²) in [7, 11) is -1.84. The van der Waals surface area contributed by atoms with Gasteiger partial charge in [0.1, 0.15) is 0 Å². The van der Waals surface area contributed by atoms with E-state index in [4.69, 9.17) is 0 Å². The highest BCUT2D eigenvalue weighted by Gasteiger charge is 2.07. The summed E-state index contributed by atoms with van der Waals surface area (Å²) < 4.78 is 24.0. The van der Waals surface area contributed by atoms with E-state index >= 15 is 0 Å². The van der Waals surface area contributed by atoms with Crippen molar-refractivity contribution >= 4 is 15.9 Å². The summed E-state index contributed by atoms with van der Waals surface area (Å²) in [6, 6.07) is 0. The first-order valence-electron chi connectivity index (χ1n) is 4.69. The molecular formula is C8H18N2O3S. The van der Waals surface area contributed by atoms with Crippen molar-refractivity contribution in [2.75, 3.05) is 19.3 Å². The minimum atomic E-state index is -3.20. The van der Waals surface area contributed by atoms with E-state index in [1.54, 1.807) is 0 Å². The molecular weight excluding hydrogens is 204 g/mol. The summed E-state index contributed by atoms with van der Waals surface area (Å²) >= 11 is 0. The van der Waals surface area contributed by atoms with E-state index in [9.17, 15) is 13.2 Å². The zero-order valence-electron chi connectivity index (χ0n) is 8.67. The van der Waals surface area contributed by atoms with Crippen LogP contribution in [0.5, 0.6) is 0 Å². The molecule has 0 bridgehead atoms. The van der Waals surface area contributed by atoms with Crippen LogP contribution in [0.4, 0.5) is 0 Å². The Morgan fingerprint density at radius 3 is 2.50 bits per heavy atom. The standard InChI is InChI=1S/C8H18N2O3S/c1-3-4-5-8(11)10-6-7-14(12,13)9-2/h9H,3-7H2,1-2H3,(H,10,11). The van der Waals surface area contributed by atoms with Gasteiger partial charge in [0.15, 0.2) is 0 Å². The van der Waals surface area contributed by atoms with Gasteiger partial charge in [0.25, 0.3) is 0 Å². The van der Waals surface area contributed by atoms with E-state index in [0.717, 1.165) is 12.8 Å². The molecule has 0 rings (SSSR count). The van der Waals surface area contributed by atoms with Crippen molar-refractivity contribution in [3.8, 4) is 0 Å². The molecule has 6 heteroatoms. The number of carbonyl (C=O) groups excluding carboxylic acids is 1. The molecule has 84 valence electrons. The zero-order valence-corrected chi connectivity index (χ0v) is 9.49. The summed E-state index contributed by atoms with van der Waals surface area (Å²) in [5.41, 5.74) is 0. The first-order valence-corrected chi connectivity index (χ1v) is 6.35. The molecule has 0 fully saturated rings. The number of carbonyl (C=O) groups is 1. The maximum Gasteiger partial charge on any atom is 0.220 e. The third-order valence-corrected chi connectivity index (χ3v) is 3.12. The largest absolute Gasteiger partial charge is 0.355 e. The second-order valence-electron chi connectivity index (χ2n) is 2.98. The molecule has 0 saturated carbocycles. The average molecular weight is 222 g/mol. The fourth-order valence-electron chi connectivity index (χ4n) is 0.853. The van der Waals surface area contributed by atoms with E-state index in [1.807, 2.05) is 6.92 Å². The number of unbranched alkanes of at least 4 members (excludes halogenated alkanes) is 1. The third kappa shape index (κ3) is 6.85. The van der Waals surface area contributed by atoms with Crippen molar-refractivity contribution in [3.63, 3.8) is 0 Å². The Balaban J connectivity index is 3.59. The summed E-state index contributed by atoms with van der Waals surface area (Å²) in [5, 5.41) is 2.55. The lowest BCUT2D eigenvalue weighted by atomic mass is 10.2. The Bertz CT molecular complexity index is 262. The van der Waals surface area contributed by atoms with Gasteiger partial charge in [0, 0.05) is 13.0 Å². The topological polar surface area (TPSA) is 75.3 Å². The van der Waals surface area contributed by atoms with Gasteiger partial charge in [0.05, 0.1) is 5.75 Å². The van der Waals surface area contributed by atoms with Crippen LogP contribution in [0, 0.1) is 0 Å². The van der Waals surface area contributed by atoms with Crippen molar-refractivity contribution in [2.45, 2.75) is 26.2 Å². The highest BCUT2D eigenvalue weighted by Crippen LogP contribution is 1.92. The molecule has 5 nitrogen and oxygen atoms in total. The molecule has 0 atom stereocenters. The second kappa shape index (κ2) is 6.78. The van der Waals surface area contributed by atoms with E-state index in [0.29, 0.717) is 6.42 Å². The molecule has 0 aliphatic carbocycles. The Labute approximate surface area is 85.3 Å². The maximum absolute atomic E-state index is 11.0. The number of hydrogen-bond donors (Lipinski definition) is 2.